The van der Waals surface area contributed by atoms with Crippen molar-refractivity contribution in [3.8, 4) is 11.3 Å². The van der Waals surface area contributed by atoms with Gasteiger partial charge in [0.05, 0.1) is 5.69 Å². The van der Waals surface area contributed by atoms with E-state index in [0.717, 1.165) is 24.6 Å². The van der Waals surface area contributed by atoms with Crippen molar-refractivity contribution in [2.45, 2.75) is 26.3 Å². The highest BCUT2D eigenvalue weighted by Gasteiger charge is 2.17. The summed E-state index contributed by atoms with van der Waals surface area (Å²) in [7, 11) is 0. The molecule has 2 aromatic rings. The zero-order valence-corrected chi connectivity index (χ0v) is 9.63. The Labute approximate surface area is 93.6 Å². The van der Waals surface area contributed by atoms with Gasteiger partial charge in [-0.2, -0.15) is 11.3 Å². The van der Waals surface area contributed by atoms with Gasteiger partial charge in [0.2, 0.25) is 0 Å². The lowest BCUT2D eigenvalue weighted by molar-refractivity contribution is 0.409. The number of hydrogen-bond donors (Lipinski definition) is 0. The Morgan fingerprint density at radius 2 is 2.47 bits per heavy atom. The van der Waals surface area contributed by atoms with Crippen LogP contribution in [0.1, 0.15) is 19.2 Å². The first kappa shape index (κ1) is 9.16. The van der Waals surface area contributed by atoms with Crippen LogP contribution in [-0.2, 0) is 13.0 Å². The predicted molar refractivity (Wildman–Crippen MR) is 63.0 cm³/mol. The molecule has 0 saturated heterocycles. The van der Waals surface area contributed by atoms with Crippen LogP contribution >= 0.6 is 11.3 Å². The molecule has 1 aliphatic rings. The summed E-state index contributed by atoms with van der Waals surface area (Å²) in [5, 5.41) is 4.27. The number of rotatable bonds is 1. The second-order valence-electron chi connectivity index (χ2n) is 4.35. The summed E-state index contributed by atoms with van der Waals surface area (Å²) in [5.74, 6) is 2.05. The topological polar surface area (TPSA) is 17.8 Å². The fourth-order valence-electron chi connectivity index (χ4n) is 2.13. The van der Waals surface area contributed by atoms with Gasteiger partial charge in [-0.1, -0.05) is 6.92 Å². The fourth-order valence-corrected chi connectivity index (χ4v) is 2.78. The van der Waals surface area contributed by atoms with Crippen LogP contribution in [0.3, 0.4) is 0 Å². The Morgan fingerprint density at radius 3 is 3.27 bits per heavy atom. The highest BCUT2D eigenvalue weighted by molar-refractivity contribution is 7.08. The standard InChI is InChI=1S/C12H14N2S/c1-9-2-4-14-7-11(13-12(14)6-9)10-3-5-15-8-10/h3,5,7-9H,2,4,6H2,1H3/t9-/m0/s1. The molecule has 0 aromatic carbocycles. The van der Waals surface area contributed by atoms with Crippen LogP contribution < -0.4 is 0 Å². The van der Waals surface area contributed by atoms with Crippen LogP contribution in [0.15, 0.2) is 23.0 Å². The number of aryl methyl sites for hydroxylation is 1. The molecule has 15 heavy (non-hydrogen) atoms. The number of fused-ring (bicyclic) bond motifs is 1. The highest BCUT2D eigenvalue weighted by Crippen LogP contribution is 2.25. The lowest BCUT2D eigenvalue weighted by Crippen LogP contribution is -2.16. The monoisotopic (exact) mass is 218 g/mol. The number of thiophene rings is 1. The minimum atomic E-state index is 0.787. The van der Waals surface area contributed by atoms with E-state index in [2.05, 4.69) is 34.5 Å². The summed E-state index contributed by atoms with van der Waals surface area (Å²) >= 11 is 1.73. The van der Waals surface area contributed by atoms with Crippen LogP contribution in [0, 0.1) is 5.92 Å². The van der Waals surface area contributed by atoms with Gasteiger partial charge in [0.15, 0.2) is 0 Å². The molecule has 0 radical (unpaired) electrons. The molecule has 2 aromatic heterocycles. The molecule has 2 nitrogen and oxygen atoms in total. The minimum absolute atomic E-state index is 0.787. The lowest BCUT2D eigenvalue weighted by Gasteiger charge is -2.18. The summed E-state index contributed by atoms with van der Waals surface area (Å²) < 4.78 is 2.31. The van der Waals surface area contributed by atoms with Gasteiger partial charge in [0.1, 0.15) is 5.82 Å². The summed E-state index contributed by atoms with van der Waals surface area (Å²) in [4.78, 5) is 4.71. The average Bonchev–Trinajstić information content (AvgIpc) is 2.84. The van der Waals surface area contributed by atoms with Gasteiger partial charge in [-0.15, -0.1) is 0 Å². The first-order chi connectivity index (χ1) is 7.33. The molecule has 0 N–H and O–H groups in total. The largest absolute Gasteiger partial charge is 0.334 e. The summed E-state index contributed by atoms with van der Waals surface area (Å²) in [6.45, 7) is 3.44. The van der Waals surface area contributed by atoms with Gasteiger partial charge < -0.3 is 4.57 Å². The number of aromatic nitrogens is 2. The molecule has 3 rings (SSSR count). The maximum Gasteiger partial charge on any atom is 0.109 e. The van der Waals surface area contributed by atoms with Crippen molar-refractivity contribution in [3.05, 3.63) is 28.8 Å². The van der Waals surface area contributed by atoms with Crippen molar-refractivity contribution in [1.82, 2.24) is 9.55 Å². The zero-order chi connectivity index (χ0) is 10.3. The van der Waals surface area contributed by atoms with Gasteiger partial charge in [-0.05, 0) is 23.8 Å². The van der Waals surface area contributed by atoms with Crippen LogP contribution in [0.25, 0.3) is 11.3 Å². The minimum Gasteiger partial charge on any atom is -0.334 e. The van der Waals surface area contributed by atoms with Crippen LogP contribution in [0.5, 0.6) is 0 Å². The van der Waals surface area contributed by atoms with Crippen molar-refractivity contribution >= 4 is 11.3 Å². The normalized spacial score (nSPS) is 20.2. The number of nitrogens with zero attached hydrogens (tertiary/aromatic N) is 2. The third kappa shape index (κ3) is 1.61. The third-order valence-electron chi connectivity index (χ3n) is 3.07. The molecular weight excluding hydrogens is 204 g/mol. The van der Waals surface area contributed by atoms with E-state index < -0.39 is 0 Å². The molecule has 0 unspecified atom stereocenters. The zero-order valence-electron chi connectivity index (χ0n) is 8.81. The van der Waals surface area contributed by atoms with Gasteiger partial charge in [-0.3, -0.25) is 0 Å². The fraction of sp³-hybridized carbons (Fsp3) is 0.417. The molecule has 1 aliphatic heterocycles. The molecule has 0 aliphatic carbocycles. The van der Waals surface area contributed by atoms with E-state index >= 15 is 0 Å². The van der Waals surface area contributed by atoms with Crippen molar-refractivity contribution < 1.29 is 0 Å². The molecular formula is C12H14N2S. The number of hydrogen-bond acceptors (Lipinski definition) is 2. The van der Waals surface area contributed by atoms with Crippen molar-refractivity contribution in [2.24, 2.45) is 5.92 Å². The maximum absolute atomic E-state index is 4.71. The van der Waals surface area contributed by atoms with Crippen molar-refractivity contribution in [2.75, 3.05) is 0 Å². The molecule has 0 bridgehead atoms. The lowest BCUT2D eigenvalue weighted by atomic mass is 10.0. The first-order valence-corrected chi connectivity index (χ1v) is 6.36. The second kappa shape index (κ2) is 3.49. The van der Waals surface area contributed by atoms with Crippen LogP contribution in [-0.4, -0.2) is 9.55 Å². The predicted octanol–water partition coefficient (Wildman–Crippen LogP) is 3.19. The molecule has 78 valence electrons. The quantitative estimate of drug-likeness (QED) is 0.718. The van der Waals surface area contributed by atoms with Gasteiger partial charge >= 0.3 is 0 Å². The summed E-state index contributed by atoms with van der Waals surface area (Å²) in [6, 6.07) is 2.14. The Hall–Kier alpha value is -1.09. The molecule has 0 spiro atoms. The van der Waals surface area contributed by atoms with E-state index in [9.17, 15) is 0 Å². The first-order valence-electron chi connectivity index (χ1n) is 5.41. The molecule has 1 atom stereocenters. The van der Waals surface area contributed by atoms with Crippen molar-refractivity contribution in [1.29, 1.82) is 0 Å². The Morgan fingerprint density at radius 1 is 1.53 bits per heavy atom. The van der Waals surface area contributed by atoms with E-state index in [0.29, 0.717) is 0 Å². The van der Waals surface area contributed by atoms with Crippen LogP contribution in [0.2, 0.25) is 0 Å². The Bertz CT molecular complexity index is 456. The van der Waals surface area contributed by atoms with E-state index in [1.54, 1.807) is 11.3 Å². The van der Waals surface area contributed by atoms with E-state index in [4.69, 9.17) is 4.98 Å². The molecule has 0 amide bonds. The van der Waals surface area contributed by atoms with E-state index in [1.807, 2.05) is 0 Å². The molecule has 0 saturated carbocycles. The molecule has 0 fully saturated rings. The van der Waals surface area contributed by atoms with Crippen LogP contribution in [0.4, 0.5) is 0 Å². The molecule has 3 heteroatoms. The molecule has 3 heterocycles. The highest BCUT2D eigenvalue weighted by atomic mass is 32.1. The second-order valence-corrected chi connectivity index (χ2v) is 5.13. The van der Waals surface area contributed by atoms with E-state index in [-0.39, 0.29) is 0 Å². The summed E-state index contributed by atoms with van der Waals surface area (Å²) in [5.41, 5.74) is 2.40. The summed E-state index contributed by atoms with van der Waals surface area (Å²) in [6.07, 6.45) is 4.61. The number of imidazole rings is 1. The maximum atomic E-state index is 4.71. The Balaban J connectivity index is 2.00. The SMILES string of the molecule is C[C@H]1CCn2cc(-c3ccsc3)nc2C1. The van der Waals surface area contributed by atoms with E-state index in [1.165, 1.54) is 17.8 Å². The van der Waals surface area contributed by atoms with Gasteiger partial charge in [0, 0.05) is 30.1 Å². The average molecular weight is 218 g/mol. The Kier molecular flexibility index (Phi) is 2.13. The smallest absolute Gasteiger partial charge is 0.109 e. The van der Waals surface area contributed by atoms with Gasteiger partial charge in [-0.25, -0.2) is 4.98 Å². The van der Waals surface area contributed by atoms with Gasteiger partial charge in [0.25, 0.3) is 0 Å². The third-order valence-corrected chi connectivity index (χ3v) is 3.75. The van der Waals surface area contributed by atoms with Crippen molar-refractivity contribution in [3.63, 3.8) is 0 Å².